The van der Waals surface area contributed by atoms with Crippen molar-refractivity contribution in [3.8, 4) is 5.75 Å². The molecule has 21 heavy (non-hydrogen) atoms. The lowest BCUT2D eigenvalue weighted by Crippen LogP contribution is -2.14. The van der Waals surface area contributed by atoms with Crippen molar-refractivity contribution < 1.29 is 13.2 Å². The van der Waals surface area contributed by atoms with Crippen LogP contribution in [0.2, 0.25) is 0 Å². The second-order valence-corrected chi connectivity index (χ2v) is 6.21. The summed E-state index contributed by atoms with van der Waals surface area (Å²) >= 11 is 0. The molecule has 0 aliphatic heterocycles. The van der Waals surface area contributed by atoms with Gasteiger partial charge in [0.2, 0.25) is 10.0 Å². The van der Waals surface area contributed by atoms with Gasteiger partial charge >= 0.3 is 0 Å². The van der Waals surface area contributed by atoms with Crippen LogP contribution in [0.1, 0.15) is 11.1 Å². The molecule has 0 spiro atoms. The lowest BCUT2D eigenvalue weighted by atomic mass is 10.1. The molecule has 2 aromatic rings. The molecule has 0 atom stereocenters. The van der Waals surface area contributed by atoms with Gasteiger partial charge in [-0.3, -0.25) is 0 Å². The standard InChI is InChI=1S/C15H18N2O3S/c1-11-14(7-4-8-15(11)21(16,18)19)17-10-12-5-3-6-13(9-12)20-2/h3-9,17H,10H2,1-2H3,(H2,16,18,19). The molecule has 0 heterocycles. The molecule has 0 unspecified atom stereocenters. The summed E-state index contributed by atoms with van der Waals surface area (Å²) in [7, 11) is -2.09. The lowest BCUT2D eigenvalue weighted by molar-refractivity contribution is 0.414. The average molecular weight is 306 g/mol. The zero-order chi connectivity index (χ0) is 15.5. The summed E-state index contributed by atoms with van der Waals surface area (Å²) < 4.78 is 28.2. The highest BCUT2D eigenvalue weighted by molar-refractivity contribution is 7.89. The Morgan fingerprint density at radius 1 is 1.19 bits per heavy atom. The van der Waals surface area contributed by atoms with Gasteiger partial charge in [-0.05, 0) is 42.3 Å². The van der Waals surface area contributed by atoms with Crippen LogP contribution < -0.4 is 15.2 Å². The molecule has 0 saturated heterocycles. The smallest absolute Gasteiger partial charge is 0.238 e. The van der Waals surface area contributed by atoms with E-state index in [2.05, 4.69) is 5.32 Å². The highest BCUT2D eigenvalue weighted by Gasteiger charge is 2.13. The van der Waals surface area contributed by atoms with Gasteiger partial charge < -0.3 is 10.1 Å². The number of rotatable bonds is 5. The average Bonchev–Trinajstić information content (AvgIpc) is 2.45. The molecule has 2 rings (SSSR count). The molecule has 112 valence electrons. The number of ether oxygens (including phenoxy) is 1. The summed E-state index contributed by atoms with van der Waals surface area (Å²) in [6, 6.07) is 12.7. The topological polar surface area (TPSA) is 81.4 Å². The molecule has 0 fully saturated rings. The van der Waals surface area contributed by atoms with Crippen LogP contribution in [-0.4, -0.2) is 15.5 Å². The summed E-state index contributed by atoms with van der Waals surface area (Å²) in [5.74, 6) is 0.782. The quantitative estimate of drug-likeness (QED) is 0.888. The van der Waals surface area contributed by atoms with E-state index in [-0.39, 0.29) is 4.90 Å². The highest BCUT2D eigenvalue weighted by atomic mass is 32.2. The maximum Gasteiger partial charge on any atom is 0.238 e. The Balaban J connectivity index is 2.21. The van der Waals surface area contributed by atoms with Crippen LogP contribution in [0.5, 0.6) is 5.75 Å². The van der Waals surface area contributed by atoms with E-state index >= 15 is 0 Å². The SMILES string of the molecule is COc1cccc(CNc2cccc(S(N)(=O)=O)c2C)c1. The number of nitrogens with two attached hydrogens (primary N) is 1. The Labute approximate surface area is 124 Å². The van der Waals surface area contributed by atoms with Gasteiger partial charge in [-0.1, -0.05) is 18.2 Å². The number of anilines is 1. The molecule has 0 aliphatic rings. The first-order valence-electron chi connectivity index (χ1n) is 6.41. The van der Waals surface area contributed by atoms with E-state index in [0.717, 1.165) is 17.0 Å². The van der Waals surface area contributed by atoms with E-state index in [1.54, 1.807) is 20.1 Å². The van der Waals surface area contributed by atoms with Crippen molar-refractivity contribution in [1.82, 2.24) is 0 Å². The van der Waals surface area contributed by atoms with Crippen molar-refractivity contribution in [2.24, 2.45) is 5.14 Å². The summed E-state index contributed by atoms with van der Waals surface area (Å²) in [5, 5.41) is 8.42. The first-order chi connectivity index (χ1) is 9.91. The van der Waals surface area contributed by atoms with E-state index in [4.69, 9.17) is 9.88 Å². The molecule has 0 aliphatic carbocycles. The minimum Gasteiger partial charge on any atom is -0.497 e. The first kappa shape index (κ1) is 15.3. The highest BCUT2D eigenvalue weighted by Crippen LogP contribution is 2.23. The predicted octanol–water partition coefficient (Wildman–Crippen LogP) is 2.26. The molecular weight excluding hydrogens is 288 g/mol. The Morgan fingerprint density at radius 2 is 1.90 bits per heavy atom. The Morgan fingerprint density at radius 3 is 2.57 bits per heavy atom. The van der Waals surface area contributed by atoms with Crippen LogP contribution in [-0.2, 0) is 16.6 Å². The molecule has 0 bridgehead atoms. The van der Waals surface area contributed by atoms with Gasteiger partial charge in [0.05, 0.1) is 12.0 Å². The van der Waals surface area contributed by atoms with Crippen LogP contribution in [0.3, 0.4) is 0 Å². The Hall–Kier alpha value is -2.05. The van der Waals surface area contributed by atoms with Crippen molar-refractivity contribution >= 4 is 15.7 Å². The molecule has 3 N–H and O–H groups in total. The van der Waals surface area contributed by atoms with Crippen LogP contribution in [0.15, 0.2) is 47.4 Å². The molecular formula is C15H18N2O3S. The van der Waals surface area contributed by atoms with E-state index in [9.17, 15) is 8.42 Å². The maximum atomic E-state index is 11.5. The van der Waals surface area contributed by atoms with Gasteiger partial charge in [-0.2, -0.15) is 0 Å². The fraction of sp³-hybridized carbons (Fsp3) is 0.200. The van der Waals surface area contributed by atoms with Crippen LogP contribution in [0.25, 0.3) is 0 Å². The first-order valence-corrected chi connectivity index (χ1v) is 7.95. The van der Waals surface area contributed by atoms with Crippen LogP contribution in [0, 0.1) is 6.92 Å². The molecule has 2 aromatic carbocycles. The molecule has 0 amide bonds. The predicted molar refractivity (Wildman–Crippen MR) is 82.9 cm³/mol. The van der Waals surface area contributed by atoms with E-state index < -0.39 is 10.0 Å². The number of hydrogen-bond donors (Lipinski definition) is 2. The van der Waals surface area contributed by atoms with Gasteiger partial charge in [-0.15, -0.1) is 0 Å². The van der Waals surface area contributed by atoms with Crippen molar-refractivity contribution in [1.29, 1.82) is 0 Å². The minimum atomic E-state index is -3.71. The molecule has 0 saturated carbocycles. The van der Waals surface area contributed by atoms with Gasteiger partial charge in [0.15, 0.2) is 0 Å². The molecule has 0 aromatic heterocycles. The number of methoxy groups -OCH3 is 1. The number of benzene rings is 2. The Kier molecular flexibility index (Phi) is 4.50. The van der Waals surface area contributed by atoms with Crippen molar-refractivity contribution in [3.05, 3.63) is 53.6 Å². The van der Waals surface area contributed by atoms with Crippen LogP contribution >= 0.6 is 0 Å². The summed E-state index contributed by atoms with van der Waals surface area (Å²) in [6.07, 6.45) is 0. The third-order valence-corrected chi connectivity index (χ3v) is 4.26. The number of sulfonamides is 1. The van der Waals surface area contributed by atoms with Crippen molar-refractivity contribution in [3.63, 3.8) is 0 Å². The largest absolute Gasteiger partial charge is 0.497 e. The molecule has 0 radical (unpaired) electrons. The number of hydrogen-bond acceptors (Lipinski definition) is 4. The second-order valence-electron chi connectivity index (χ2n) is 4.68. The van der Waals surface area contributed by atoms with Gasteiger partial charge in [0.1, 0.15) is 5.75 Å². The molecule has 5 nitrogen and oxygen atoms in total. The number of primary sulfonamides is 1. The van der Waals surface area contributed by atoms with Crippen LogP contribution in [0.4, 0.5) is 5.69 Å². The fourth-order valence-corrected chi connectivity index (χ4v) is 2.90. The van der Waals surface area contributed by atoms with Crippen molar-refractivity contribution in [2.45, 2.75) is 18.4 Å². The van der Waals surface area contributed by atoms with Gasteiger partial charge in [0.25, 0.3) is 0 Å². The lowest BCUT2D eigenvalue weighted by Gasteiger charge is -2.12. The van der Waals surface area contributed by atoms with Crippen molar-refractivity contribution in [2.75, 3.05) is 12.4 Å². The summed E-state index contributed by atoms with van der Waals surface area (Å²) in [4.78, 5) is 0.137. The summed E-state index contributed by atoms with van der Waals surface area (Å²) in [5.41, 5.74) is 2.39. The minimum absolute atomic E-state index is 0.137. The van der Waals surface area contributed by atoms with E-state index in [1.165, 1.54) is 6.07 Å². The second kappa shape index (κ2) is 6.15. The third kappa shape index (κ3) is 3.74. The monoisotopic (exact) mass is 306 g/mol. The number of nitrogens with one attached hydrogen (secondary N) is 1. The van der Waals surface area contributed by atoms with E-state index in [1.807, 2.05) is 30.3 Å². The molecule has 6 heteroatoms. The van der Waals surface area contributed by atoms with Gasteiger partial charge in [-0.25, -0.2) is 13.6 Å². The third-order valence-electron chi connectivity index (χ3n) is 3.21. The maximum absolute atomic E-state index is 11.5. The Bertz CT molecular complexity index is 742. The normalized spacial score (nSPS) is 11.2. The van der Waals surface area contributed by atoms with Gasteiger partial charge in [0, 0.05) is 12.2 Å². The zero-order valence-electron chi connectivity index (χ0n) is 12.0. The zero-order valence-corrected chi connectivity index (χ0v) is 12.8. The summed E-state index contributed by atoms with van der Waals surface area (Å²) in [6.45, 7) is 2.29. The van der Waals surface area contributed by atoms with E-state index in [0.29, 0.717) is 12.1 Å². The fourth-order valence-electron chi connectivity index (χ4n) is 2.09.